The minimum Gasteiger partial charge on any atom is -0.487 e. The molecular formula is C15H24N2O2. The zero-order valence-electron chi connectivity index (χ0n) is 11.9. The average molecular weight is 264 g/mol. The van der Waals surface area contributed by atoms with E-state index in [1.165, 1.54) is 0 Å². The maximum atomic E-state index is 10.4. The molecule has 0 aromatic carbocycles. The van der Waals surface area contributed by atoms with Crippen LogP contribution in [0.1, 0.15) is 33.1 Å². The smallest absolute Gasteiger partial charge is 0.138 e. The Morgan fingerprint density at radius 3 is 2.89 bits per heavy atom. The molecule has 0 saturated carbocycles. The molecule has 1 aromatic rings. The summed E-state index contributed by atoms with van der Waals surface area (Å²) in [5, 5.41) is 10.4. The van der Waals surface area contributed by atoms with Gasteiger partial charge in [0, 0.05) is 25.8 Å². The van der Waals surface area contributed by atoms with Crippen LogP contribution < -0.4 is 4.74 Å². The molecule has 1 atom stereocenters. The van der Waals surface area contributed by atoms with E-state index in [9.17, 15) is 5.11 Å². The fourth-order valence-electron chi connectivity index (χ4n) is 2.54. The summed E-state index contributed by atoms with van der Waals surface area (Å²) < 4.78 is 5.90. The molecule has 2 heterocycles. The van der Waals surface area contributed by atoms with Crippen molar-refractivity contribution in [2.24, 2.45) is 0 Å². The molecule has 1 saturated heterocycles. The third-order valence-electron chi connectivity index (χ3n) is 4.00. The summed E-state index contributed by atoms with van der Waals surface area (Å²) in [6.07, 6.45) is 6.32. The Kier molecular flexibility index (Phi) is 4.77. The Morgan fingerprint density at radius 1 is 1.47 bits per heavy atom. The number of aliphatic hydroxyl groups is 1. The minimum atomic E-state index is -0.552. The molecule has 1 aromatic heterocycles. The fraction of sp³-hybridized carbons (Fsp3) is 0.667. The standard InChI is InChI=1S/C15H24N2O2/c1-3-15(18,4-2)12-17-9-7-14(11-17)19-13-6-5-8-16-10-13/h5-6,8,10,14,18H,3-4,7,9,11-12H2,1-2H3. The molecule has 0 amide bonds. The lowest BCUT2D eigenvalue weighted by Crippen LogP contribution is -2.41. The molecule has 19 heavy (non-hydrogen) atoms. The molecule has 0 aliphatic carbocycles. The molecule has 1 N–H and O–H groups in total. The lowest BCUT2D eigenvalue weighted by molar-refractivity contribution is 0.000402. The Hall–Kier alpha value is -1.13. The van der Waals surface area contributed by atoms with E-state index in [1.807, 2.05) is 26.0 Å². The van der Waals surface area contributed by atoms with Crippen molar-refractivity contribution in [2.75, 3.05) is 19.6 Å². The first kappa shape index (κ1) is 14.3. The summed E-state index contributed by atoms with van der Waals surface area (Å²) in [6, 6.07) is 3.82. The predicted molar refractivity (Wildman–Crippen MR) is 75.2 cm³/mol. The van der Waals surface area contributed by atoms with E-state index in [0.717, 1.165) is 44.6 Å². The third kappa shape index (κ3) is 3.91. The van der Waals surface area contributed by atoms with Gasteiger partial charge in [-0.05, 0) is 31.4 Å². The number of likely N-dealkylation sites (tertiary alicyclic amines) is 1. The van der Waals surface area contributed by atoms with Crippen LogP contribution >= 0.6 is 0 Å². The number of rotatable bonds is 6. The van der Waals surface area contributed by atoms with Gasteiger partial charge in [-0.15, -0.1) is 0 Å². The van der Waals surface area contributed by atoms with Gasteiger partial charge in [0.15, 0.2) is 0 Å². The Bertz CT molecular complexity index is 379. The van der Waals surface area contributed by atoms with Crippen LogP contribution in [0.2, 0.25) is 0 Å². The van der Waals surface area contributed by atoms with Crippen molar-refractivity contribution in [2.45, 2.75) is 44.8 Å². The van der Waals surface area contributed by atoms with Gasteiger partial charge in [0.25, 0.3) is 0 Å². The summed E-state index contributed by atoms with van der Waals surface area (Å²) in [6.45, 7) is 6.71. The van der Waals surface area contributed by atoms with E-state index in [0.29, 0.717) is 0 Å². The summed E-state index contributed by atoms with van der Waals surface area (Å²) in [5.41, 5.74) is -0.552. The van der Waals surface area contributed by atoms with Gasteiger partial charge < -0.3 is 9.84 Å². The highest BCUT2D eigenvalue weighted by Gasteiger charge is 2.31. The summed E-state index contributed by atoms with van der Waals surface area (Å²) in [4.78, 5) is 6.35. The first-order valence-electron chi connectivity index (χ1n) is 7.16. The zero-order valence-corrected chi connectivity index (χ0v) is 11.9. The van der Waals surface area contributed by atoms with Crippen molar-refractivity contribution >= 4 is 0 Å². The van der Waals surface area contributed by atoms with Crippen LogP contribution in [0.3, 0.4) is 0 Å². The summed E-state index contributed by atoms with van der Waals surface area (Å²) >= 11 is 0. The molecule has 1 unspecified atom stereocenters. The van der Waals surface area contributed by atoms with E-state index >= 15 is 0 Å². The van der Waals surface area contributed by atoms with Crippen LogP contribution in [-0.2, 0) is 0 Å². The number of pyridine rings is 1. The van der Waals surface area contributed by atoms with Gasteiger partial charge in [-0.2, -0.15) is 0 Å². The van der Waals surface area contributed by atoms with Gasteiger partial charge in [0.1, 0.15) is 11.9 Å². The predicted octanol–water partition coefficient (Wildman–Crippen LogP) is 2.09. The number of ether oxygens (including phenoxy) is 1. The molecule has 0 radical (unpaired) electrons. The van der Waals surface area contributed by atoms with Crippen molar-refractivity contribution in [1.82, 2.24) is 9.88 Å². The van der Waals surface area contributed by atoms with E-state index in [1.54, 1.807) is 12.4 Å². The molecule has 4 nitrogen and oxygen atoms in total. The van der Waals surface area contributed by atoms with Crippen molar-refractivity contribution in [3.63, 3.8) is 0 Å². The van der Waals surface area contributed by atoms with Gasteiger partial charge in [-0.3, -0.25) is 9.88 Å². The second-order valence-corrected chi connectivity index (χ2v) is 5.38. The van der Waals surface area contributed by atoms with Gasteiger partial charge >= 0.3 is 0 Å². The average Bonchev–Trinajstić information content (AvgIpc) is 2.87. The van der Waals surface area contributed by atoms with Crippen LogP contribution in [0.15, 0.2) is 24.5 Å². The van der Waals surface area contributed by atoms with Crippen molar-refractivity contribution in [1.29, 1.82) is 0 Å². The van der Waals surface area contributed by atoms with Crippen molar-refractivity contribution < 1.29 is 9.84 Å². The normalized spacial score (nSPS) is 20.7. The Morgan fingerprint density at radius 2 is 2.26 bits per heavy atom. The molecule has 0 spiro atoms. The van der Waals surface area contributed by atoms with Crippen LogP contribution in [0, 0.1) is 0 Å². The van der Waals surface area contributed by atoms with Crippen molar-refractivity contribution in [3.8, 4) is 5.75 Å². The number of hydrogen-bond donors (Lipinski definition) is 1. The first-order valence-corrected chi connectivity index (χ1v) is 7.16. The maximum absolute atomic E-state index is 10.4. The molecule has 2 rings (SSSR count). The van der Waals surface area contributed by atoms with Gasteiger partial charge in [0.05, 0.1) is 11.8 Å². The van der Waals surface area contributed by atoms with Gasteiger partial charge in [-0.25, -0.2) is 0 Å². The second-order valence-electron chi connectivity index (χ2n) is 5.38. The van der Waals surface area contributed by atoms with E-state index in [4.69, 9.17) is 4.74 Å². The molecule has 4 heteroatoms. The van der Waals surface area contributed by atoms with E-state index in [2.05, 4.69) is 9.88 Å². The monoisotopic (exact) mass is 264 g/mol. The fourth-order valence-corrected chi connectivity index (χ4v) is 2.54. The zero-order chi connectivity index (χ0) is 13.7. The first-order chi connectivity index (χ1) is 9.15. The topological polar surface area (TPSA) is 45.6 Å². The number of β-amino-alcohol motifs (C(OH)–C–C–N with tert-alkyl or cyclic N) is 1. The third-order valence-corrected chi connectivity index (χ3v) is 4.00. The van der Waals surface area contributed by atoms with Crippen LogP contribution in [0.4, 0.5) is 0 Å². The Labute approximate surface area is 115 Å². The lowest BCUT2D eigenvalue weighted by atomic mass is 9.97. The molecule has 106 valence electrons. The number of aromatic nitrogens is 1. The van der Waals surface area contributed by atoms with Gasteiger partial charge in [0.2, 0.25) is 0 Å². The highest BCUT2D eigenvalue weighted by Crippen LogP contribution is 2.22. The quantitative estimate of drug-likeness (QED) is 0.854. The Balaban J connectivity index is 1.83. The number of nitrogens with zero attached hydrogens (tertiary/aromatic N) is 2. The highest BCUT2D eigenvalue weighted by molar-refractivity contribution is 5.16. The highest BCUT2D eigenvalue weighted by atomic mass is 16.5. The number of hydrogen-bond acceptors (Lipinski definition) is 4. The summed E-state index contributed by atoms with van der Waals surface area (Å²) in [7, 11) is 0. The van der Waals surface area contributed by atoms with Crippen LogP contribution in [-0.4, -0.2) is 46.3 Å². The van der Waals surface area contributed by atoms with Gasteiger partial charge in [-0.1, -0.05) is 13.8 Å². The SMILES string of the molecule is CCC(O)(CC)CN1CCC(Oc2cccnc2)C1. The summed E-state index contributed by atoms with van der Waals surface area (Å²) in [5.74, 6) is 0.829. The molecular weight excluding hydrogens is 240 g/mol. The maximum Gasteiger partial charge on any atom is 0.138 e. The van der Waals surface area contributed by atoms with Crippen LogP contribution in [0.25, 0.3) is 0 Å². The molecule has 0 bridgehead atoms. The minimum absolute atomic E-state index is 0.210. The molecule has 1 aliphatic heterocycles. The second kappa shape index (κ2) is 6.35. The van der Waals surface area contributed by atoms with Crippen molar-refractivity contribution in [3.05, 3.63) is 24.5 Å². The van der Waals surface area contributed by atoms with E-state index < -0.39 is 5.60 Å². The molecule has 1 aliphatic rings. The van der Waals surface area contributed by atoms with E-state index in [-0.39, 0.29) is 6.10 Å². The van der Waals surface area contributed by atoms with Crippen LogP contribution in [0.5, 0.6) is 5.75 Å². The lowest BCUT2D eigenvalue weighted by Gasteiger charge is -2.30. The molecule has 1 fully saturated rings. The largest absolute Gasteiger partial charge is 0.487 e.